The van der Waals surface area contributed by atoms with Crippen LogP contribution in [-0.4, -0.2) is 13.1 Å². The van der Waals surface area contributed by atoms with Gasteiger partial charge >= 0.3 is 5.97 Å². The number of rotatable bonds is 8. The first-order valence-corrected chi connectivity index (χ1v) is 11.4. The smallest absolute Gasteiger partial charge is 0.305 e. The Balaban J connectivity index is 1.45. The Morgan fingerprint density at radius 2 is 1.79 bits per heavy atom. The molecule has 0 atom stereocenters. The Morgan fingerprint density at radius 1 is 1.00 bits per heavy atom. The maximum absolute atomic E-state index is 14.1. The highest BCUT2D eigenvalue weighted by Gasteiger charge is 2.15. The summed E-state index contributed by atoms with van der Waals surface area (Å²) in [4.78, 5) is 11.2. The van der Waals surface area contributed by atoms with Gasteiger partial charge in [0.15, 0.2) is 0 Å². The summed E-state index contributed by atoms with van der Waals surface area (Å²) in [5.74, 6) is 0.262. The van der Waals surface area contributed by atoms with E-state index in [1.165, 1.54) is 29.9 Å². The van der Waals surface area contributed by atoms with E-state index in [4.69, 9.17) is 4.74 Å². The van der Waals surface area contributed by atoms with Crippen LogP contribution in [0.15, 0.2) is 67.2 Å². The zero-order chi connectivity index (χ0) is 23.2. The molecule has 0 N–H and O–H groups in total. The van der Waals surface area contributed by atoms with E-state index in [1.807, 2.05) is 30.3 Å². The lowest BCUT2D eigenvalue weighted by Crippen LogP contribution is -2.03. The second kappa shape index (κ2) is 10.5. The summed E-state index contributed by atoms with van der Waals surface area (Å²) < 4.78 is 24.7. The molecule has 4 heteroatoms. The molecule has 3 nitrogen and oxygen atoms in total. The summed E-state index contributed by atoms with van der Waals surface area (Å²) in [7, 11) is 1.40. The maximum atomic E-state index is 14.1. The fourth-order valence-electron chi connectivity index (χ4n) is 4.36. The molecule has 170 valence electrons. The van der Waals surface area contributed by atoms with Crippen LogP contribution in [0.25, 0.3) is 16.7 Å². The van der Waals surface area contributed by atoms with E-state index < -0.39 is 0 Å². The second-order valence-electron chi connectivity index (χ2n) is 8.49. The molecule has 0 radical (unpaired) electrons. The molecule has 33 heavy (non-hydrogen) atoms. The number of methoxy groups -OCH3 is 1. The number of benzene rings is 3. The van der Waals surface area contributed by atoms with E-state index in [2.05, 4.69) is 29.5 Å². The van der Waals surface area contributed by atoms with Crippen molar-refractivity contribution in [1.29, 1.82) is 0 Å². The van der Waals surface area contributed by atoms with E-state index in [9.17, 15) is 9.18 Å². The molecular formula is C29H29FO3. The number of carbonyl (C=O) groups excluding carboxylic acids is 1. The summed E-state index contributed by atoms with van der Waals surface area (Å²) in [6.07, 6.45) is 5.16. The number of esters is 1. The topological polar surface area (TPSA) is 35.5 Å². The Bertz CT molecular complexity index is 1150. The largest absolute Gasteiger partial charge is 0.489 e. The van der Waals surface area contributed by atoms with Crippen LogP contribution in [0.2, 0.25) is 0 Å². The average molecular weight is 445 g/mol. The number of hydrogen-bond acceptors (Lipinski definition) is 3. The maximum Gasteiger partial charge on any atom is 0.305 e. The first-order chi connectivity index (χ1) is 16.0. The van der Waals surface area contributed by atoms with Crippen LogP contribution in [0.1, 0.15) is 47.9 Å². The molecular weight excluding hydrogens is 415 g/mol. The zero-order valence-electron chi connectivity index (χ0n) is 19.0. The van der Waals surface area contributed by atoms with Crippen molar-refractivity contribution in [2.45, 2.75) is 45.1 Å². The number of hydrogen-bond donors (Lipinski definition) is 0. The van der Waals surface area contributed by atoms with Gasteiger partial charge in [-0.05, 0) is 95.3 Å². The summed E-state index contributed by atoms with van der Waals surface area (Å²) in [5.41, 5.74) is 7.75. The van der Waals surface area contributed by atoms with E-state index in [-0.39, 0.29) is 18.4 Å². The highest BCUT2D eigenvalue weighted by Crippen LogP contribution is 2.34. The molecule has 0 saturated carbocycles. The van der Waals surface area contributed by atoms with Crippen LogP contribution in [0.4, 0.5) is 4.39 Å². The van der Waals surface area contributed by atoms with Crippen molar-refractivity contribution >= 4 is 11.5 Å². The number of carbonyl (C=O) groups is 1. The first kappa shape index (κ1) is 22.8. The lowest BCUT2D eigenvalue weighted by atomic mass is 9.86. The Kier molecular flexibility index (Phi) is 7.23. The van der Waals surface area contributed by atoms with Crippen molar-refractivity contribution in [3.05, 3.63) is 95.3 Å². The van der Waals surface area contributed by atoms with Crippen LogP contribution in [0.5, 0.6) is 5.75 Å². The van der Waals surface area contributed by atoms with E-state index in [1.54, 1.807) is 6.07 Å². The van der Waals surface area contributed by atoms with Crippen LogP contribution in [-0.2, 0) is 29.0 Å². The third-order valence-electron chi connectivity index (χ3n) is 6.18. The van der Waals surface area contributed by atoms with Gasteiger partial charge in [0.1, 0.15) is 18.2 Å². The molecule has 0 heterocycles. The third kappa shape index (κ3) is 5.70. The van der Waals surface area contributed by atoms with Crippen molar-refractivity contribution in [3.63, 3.8) is 0 Å². The molecule has 0 saturated heterocycles. The summed E-state index contributed by atoms with van der Waals surface area (Å²) >= 11 is 0. The van der Waals surface area contributed by atoms with Crippen molar-refractivity contribution in [2.75, 3.05) is 7.11 Å². The number of allylic oxidation sites excluding steroid dienone is 1. The normalized spacial score (nSPS) is 12.8. The Labute approximate surface area is 194 Å². The molecule has 0 unspecified atom stereocenters. The minimum Gasteiger partial charge on any atom is -0.489 e. The van der Waals surface area contributed by atoms with Crippen LogP contribution < -0.4 is 4.74 Å². The SMILES string of the molecule is C=C1CCCc2cc(-c3ccc(F)cc3COc3ccc(CCCC(=O)OC)cc3)ccc21. The van der Waals surface area contributed by atoms with Crippen molar-refractivity contribution in [3.8, 4) is 16.9 Å². The van der Waals surface area contributed by atoms with Gasteiger partial charge in [-0.2, -0.15) is 0 Å². The molecule has 0 bridgehead atoms. The quantitative estimate of drug-likeness (QED) is 0.354. The Hall–Kier alpha value is -3.40. The molecule has 1 aliphatic carbocycles. The van der Waals surface area contributed by atoms with E-state index >= 15 is 0 Å². The highest BCUT2D eigenvalue weighted by atomic mass is 19.1. The minimum absolute atomic E-state index is 0.190. The van der Waals surface area contributed by atoms with Gasteiger partial charge in [0.25, 0.3) is 0 Å². The molecule has 0 fully saturated rings. The molecule has 4 rings (SSSR count). The number of halogens is 1. The molecule has 1 aliphatic rings. The minimum atomic E-state index is -0.273. The third-order valence-corrected chi connectivity index (χ3v) is 6.18. The van der Waals surface area contributed by atoms with Crippen LogP contribution >= 0.6 is 0 Å². The molecule has 3 aromatic rings. The molecule has 0 spiro atoms. The van der Waals surface area contributed by atoms with Gasteiger partial charge in [0, 0.05) is 6.42 Å². The van der Waals surface area contributed by atoms with Gasteiger partial charge in [0.2, 0.25) is 0 Å². The zero-order valence-corrected chi connectivity index (χ0v) is 19.0. The fraction of sp³-hybridized carbons (Fsp3) is 0.276. The van der Waals surface area contributed by atoms with E-state index in [0.29, 0.717) is 6.42 Å². The number of aryl methyl sites for hydroxylation is 2. The van der Waals surface area contributed by atoms with Crippen molar-refractivity contribution in [1.82, 2.24) is 0 Å². The van der Waals surface area contributed by atoms with Gasteiger partial charge in [-0.15, -0.1) is 0 Å². The lowest BCUT2D eigenvalue weighted by Gasteiger charge is -2.20. The summed E-state index contributed by atoms with van der Waals surface area (Å²) in [6.45, 7) is 4.47. The van der Waals surface area contributed by atoms with Crippen LogP contribution in [0.3, 0.4) is 0 Å². The second-order valence-corrected chi connectivity index (χ2v) is 8.49. The van der Waals surface area contributed by atoms with Gasteiger partial charge < -0.3 is 9.47 Å². The van der Waals surface area contributed by atoms with Gasteiger partial charge in [-0.3, -0.25) is 4.79 Å². The van der Waals surface area contributed by atoms with Crippen molar-refractivity contribution in [2.24, 2.45) is 0 Å². The van der Waals surface area contributed by atoms with Gasteiger partial charge in [-0.1, -0.05) is 43.0 Å². The first-order valence-electron chi connectivity index (χ1n) is 11.4. The summed E-state index contributed by atoms with van der Waals surface area (Å²) in [5, 5.41) is 0. The van der Waals surface area contributed by atoms with Crippen molar-refractivity contribution < 1.29 is 18.7 Å². The van der Waals surface area contributed by atoms with Crippen LogP contribution in [0, 0.1) is 5.82 Å². The molecule has 0 aromatic heterocycles. The van der Waals surface area contributed by atoms with Gasteiger partial charge in [-0.25, -0.2) is 4.39 Å². The molecule has 0 amide bonds. The predicted octanol–water partition coefficient (Wildman–Crippen LogP) is 6.92. The standard InChI is InChI=1S/C29H29FO3/c1-20-5-3-7-22-17-23(11-15-27(20)22)28-16-12-25(30)18-24(28)19-33-26-13-9-21(10-14-26)6-4-8-29(31)32-2/h9-18H,1,3-8,19H2,2H3. The van der Waals surface area contributed by atoms with Gasteiger partial charge in [0.05, 0.1) is 7.11 Å². The highest BCUT2D eigenvalue weighted by molar-refractivity contribution is 5.75. The van der Waals surface area contributed by atoms with E-state index in [0.717, 1.165) is 60.1 Å². The lowest BCUT2D eigenvalue weighted by molar-refractivity contribution is -0.140. The number of ether oxygens (including phenoxy) is 2. The molecule has 0 aliphatic heterocycles. The Morgan fingerprint density at radius 3 is 2.58 bits per heavy atom. The predicted molar refractivity (Wildman–Crippen MR) is 130 cm³/mol. The number of fused-ring (bicyclic) bond motifs is 1. The molecule has 3 aromatic carbocycles. The fourth-order valence-corrected chi connectivity index (χ4v) is 4.36. The summed E-state index contributed by atoms with van der Waals surface area (Å²) in [6, 6.07) is 19.1. The monoisotopic (exact) mass is 444 g/mol. The average Bonchev–Trinajstić information content (AvgIpc) is 2.83.